The number of aryl methyl sites for hydroxylation is 2. The first-order valence-electron chi connectivity index (χ1n) is 8.37. The van der Waals surface area contributed by atoms with E-state index in [1.165, 1.54) is 12.1 Å². The fraction of sp³-hybridized carbons (Fsp3) is 0.211. The van der Waals surface area contributed by atoms with Crippen molar-refractivity contribution in [2.24, 2.45) is 0 Å². The van der Waals surface area contributed by atoms with Gasteiger partial charge >= 0.3 is 0 Å². The number of fused-ring (bicyclic) bond motifs is 1. The highest BCUT2D eigenvalue weighted by atomic mass is 16.6. The van der Waals surface area contributed by atoms with E-state index in [-0.39, 0.29) is 11.1 Å². The van der Waals surface area contributed by atoms with E-state index in [1.54, 1.807) is 0 Å². The Bertz CT molecular complexity index is 983. The normalized spacial score (nSPS) is 12.9. The van der Waals surface area contributed by atoms with Gasteiger partial charge in [0.25, 0.3) is 17.5 Å². The lowest BCUT2D eigenvalue weighted by atomic mass is 10.1. The Morgan fingerprint density at radius 2 is 1.85 bits per heavy atom. The van der Waals surface area contributed by atoms with E-state index < -0.39 is 34.9 Å². The van der Waals surface area contributed by atoms with Crippen LogP contribution in [0.15, 0.2) is 36.4 Å². The fourth-order valence-corrected chi connectivity index (χ4v) is 3.14. The molecular formula is C19H17N3O5. The molecule has 8 nitrogen and oxygen atoms in total. The van der Waals surface area contributed by atoms with Crippen LogP contribution in [0.25, 0.3) is 0 Å². The van der Waals surface area contributed by atoms with Crippen molar-refractivity contribution < 1.29 is 19.3 Å². The van der Waals surface area contributed by atoms with Crippen LogP contribution in [0.4, 0.5) is 11.4 Å². The number of hydrogen-bond donors (Lipinski definition) is 1. The molecule has 0 fully saturated rings. The zero-order valence-electron chi connectivity index (χ0n) is 14.8. The summed E-state index contributed by atoms with van der Waals surface area (Å²) in [6, 6.07) is 9.46. The number of amides is 3. The molecule has 0 unspecified atom stereocenters. The number of anilines is 1. The third-order valence-electron chi connectivity index (χ3n) is 4.48. The summed E-state index contributed by atoms with van der Waals surface area (Å²) in [7, 11) is 0. The molecule has 8 heteroatoms. The molecule has 0 saturated heterocycles. The Hall–Kier alpha value is -3.55. The van der Waals surface area contributed by atoms with Gasteiger partial charge in [-0.1, -0.05) is 31.2 Å². The predicted octanol–water partition coefficient (Wildman–Crippen LogP) is 2.70. The molecule has 0 bridgehead atoms. The van der Waals surface area contributed by atoms with Crippen LogP contribution in [0.3, 0.4) is 0 Å². The van der Waals surface area contributed by atoms with Crippen LogP contribution in [-0.4, -0.2) is 34.1 Å². The van der Waals surface area contributed by atoms with E-state index in [2.05, 4.69) is 5.32 Å². The first kappa shape index (κ1) is 18.2. The van der Waals surface area contributed by atoms with Crippen LogP contribution >= 0.6 is 0 Å². The molecule has 0 aliphatic carbocycles. The zero-order valence-corrected chi connectivity index (χ0v) is 14.8. The van der Waals surface area contributed by atoms with Gasteiger partial charge in [-0.2, -0.15) is 0 Å². The number of nitro groups is 1. The first-order valence-corrected chi connectivity index (χ1v) is 8.37. The highest BCUT2D eigenvalue weighted by Gasteiger charge is 2.41. The van der Waals surface area contributed by atoms with E-state index in [0.717, 1.165) is 22.1 Å². The second kappa shape index (κ2) is 6.99. The average molecular weight is 367 g/mol. The van der Waals surface area contributed by atoms with Gasteiger partial charge in [0.05, 0.1) is 10.5 Å². The molecule has 0 radical (unpaired) electrons. The zero-order chi connectivity index (χ0) is 19.7. The standard InChI is InChI=1S/C19H17N3O5/c1-3-12-7-4-6-11(2)17(12)20-15(23)10-21-18(24)13-8-5-9-14(22(26)27)16(13)19(21)25/h4-9H,3,10H2,1-2H3,(H,20,23). The van der Waals surface area contributed by atoms with Crippen molar-refractivity contribution in [3.8, 4) is 0 Å². The maximum absolute atomic E-state index is 12.5. The van der Waals surface area contributed by atoms with Crippen LogP contribution in [-0.2, 0) is 11.2 Å². The molecule has 2 aromatic rings. The lowest BCUT2D eigenvalue weighted by Gasteiger charge is -2.16. The molecule has 1 aliphatic rings. The van der Waals surface area contributed by atoms with Gasteiger partial charge < -0.3 is 5.32 Å². The summed E-state index contributed by atoms with van der Waals surface area (Å²) in [5, 5.41) is 13.9. The van der Waals surface area contributed by atoms with Crippen molar-refractivity contribution in [1.29, 1.82) is 0 Å². The van der Waals surface area contributed by atoms with Crippen molar-refractivity contribution in [2.75, 3.05) is 11.9 Å². The molecule has 3 rings (SSSR count). The first-order chi connectivity index (χ1) is 12.8. The van der Waals surface area contributed by atoms with Crippen LogP contribution in [0.2, 0.25) is 0 Å². The van der Waals surface area contributed by atoms with E-state index in [0.29, 0.717) is 12.1 Å². The van der Waals surface area contributed by atoms with Gasteiger partial charge in [0.2, 0.25) is 5.91 Å². The van der Waals surface area contributed by atoms with E-state index >= 15 is 0 Å². The minimum absolute atomic E-state index is 0.0628. The molecule has 0 spiro atoms. The van der Waals surface area contributed by atoms with Crippen LogP contribution in [0.1, 0.15) is 38.8 Å². The Morgan fingerprint density at radius 1 is 1.15 bits per heavy atom. The van der Waals surface area contributed by atoms with E-state index in [4.69, 9.17) is 0 Å². The predicted molar refractivity (Wildman–Crippen MR) is 97.7 cm³/mol. The molecule has 138 valence electrons. The largest absolute Gasteiger partial charge is 0.324 e. The SMILES string of the molecule is CCc1cccc(C)c1NC(=O)CN1C(=O)c2cccc([N+](=O)[O-])c2C1=O. The maximum atomic E-state index is 12.5. The van der Waals surface area contributed by atoms with Crippen LogP contribution < -0.4 is 5.32 Å². The van der Waals surface area contributed by atoms with Gasteiger partial charge in [-0.25, -0.2) is 0 Å². The number of para-hydroxylation sites is 1. The molecule has 0 saturated carbocycles. The Labute approximate surface area is 154 Å². The summed E-state index contributed by atoms with van der Waals surface area (Å²) in [5.41, 5.74) is 1.66. The maximum Gasteiger partial charge on any atom is 0.282 e. The third kappa shape index (κ3) is 3.17. The van der Waals surface area contributed by atoms with Gasteiger partial charge in [-0.15, -0.1) is 0 Å². The van der Waals surface area contributed by atoms with Gasteiger partial charge in [0.15, 0.2) is 0 Å². The van der Waals surface area contributed by atoms with Gasteiger partial charge in [0, 0.05) is 11.8 Å². The average Bonchev–Trinajstić information content (AvgIpc) is 2.88. The Kier molecular flexibility index (Phi) is 4.72. The smallest absolute Gasteiger partial charge is 0.282 e. The van der Waals surface area contributed by atoms with Gasteiger partial charge in [-0.05, 0) is 30.5 Å². The van der Waals surface area contributed by atoms with Crippen molar-refractivity contribution in [2.45, 2.75) is 20.3 Å². The lowest BCUT2D eigenvalue weighted by Crippen LogP contribution is -2.37. The van der Waals surface area contributed by atoms with Gasteiger partial charge in [0.1, 0.15) is 12.1 Å². The number of hydrogen-bond acceptors (Lipinski definition) is 5. The topological polar surface area (TPSA) is 110 Å². The number of nitrogens with zero attached hydrogens (tertiary/aromatic N) is 2. The molecule has 1 N–H and O–H groups in total. The number of benzene rings is 2. The summed E-state index contributed by atoms with van der Waals surface area (Å²) >= 11 is 0. The molecule has 27 heavy (non-hydrogen) atoms. The molecule has 0 aromatic heterocycles. The van der Waals surface area contributed by atoms with E-state index in [1.807, 2.05) is 32.0 Å². The van der Waals surface area contributed by atoms with Crippen LogP contribution in [0.5, 0.6) is 0 Å². The minimum atomic E-state index is -0.835. The fourth-order valence-electron chi connectivity index (χ4n) is 3.14. The molecule has 1 heterocycles. The van der Waals surface area contributed by atoms with E-state index in [9.17, 15) is 24.5 Å². The lowest BCUT2D eigenvalue weighted by molar-refractivity contribution is -0.385. The molecule has 2 aromatic carbocycles. The quantitative estimate of drug-likeness (QED) is 0.496. The third-order valence-corrected chi connectivity index (χ3v) is 4.48. The van der Waals surface area contributed by atoms with Crippen molar-refractivity contribution in [3.63, 3.8) is 0 Å². The van der Waals surface area contributed by atoms with Crippen LogP contribution in [0, 0.1) is 17.0 Å². The summed E-state index contributed by atoms with van der Waals surface area (Å²) in [6.45, 7) is 3.29. The summed E-state index contributed by atoms with van der Waals surface area (Å²) in [5.74, 6) is -2.09. The summed E-state index contributed by atoms with van der Waals surface area (Å²) < 4.78 is 0. The van der Waals surface area contributed by atoms with Gasteiger partial charge in [-0.3, -0.25) is 29.4 Å². The number of imide groups is 1. The number of carbonyl (C=O) groups is 3. The monoisotopic (exact) mass is 367 g/mol. The second-order valence-electron chi connectivity index (χ2n) is 6.16. The number of nitro benzene ring substituents is 1. The Morgan fingerprint density at radius 3 is 2.52 bits per heavy atom. The molecular weight excluding hydrogens is 350 g/mol. The summed E-state index contributed by atoms with van der Waals surface area (Å²) in [6.07, 6.45) is 0.705. The highest BCUT2D eigenvalue weighted by molar-refractivity contribution is 6.24. The molecule has 3 amide bonds. The second-order valence-corrected chi connectivity index (χ2v) is 6.16. The number of carbonyl (C=O) groups excluding carboxylic acids is 3. The number of rotatable bonds is 5. The van der Waals surface area contributed by atoms with Crippen molar-refractivity contribution in [3.05, 3.63) is 68.8 Å². The molecule has 0 atom stereocenters. The van der Waals surface area contributed by atoms with Crippen molar-refractivity contribution in [1.82, 2.24) is 4.90 Å². The number of nitrogens with one attached hydrogen (secondary N) is 1. The Balaban J connectivity index is 1.84. The minimum Gasteiger partial charge on any atom is -0.324 e. The van der Waals surface area contributed by atoms with Crippen molar-refractivity contribution >= 4 is 29.1 Å². The summed E-state index contributed by atoms with van der Waals surface area (Å²) in [4.78, 5) is 48.6. The highest BCUT2D eigenvalue weighted by Crippen LogP contribution is 2.30. The molecule has 1 aliphatic heterocycles.